The largest absolute Gasteiger partial charge is 0.481 e. The lowest BCUT2D eigenvalue weighted by Crippen LogP contribution is -2.44. The van der Waals surface area contributed by atoms with Crippen LogP contribution in [0.1, 0.15) is 156 Å². The number of methoxy groups -OCH3 is 1. The molecule has 61 heavy (non-hydrogen) atoms. The van der Waals surface area contributed by atoms with E-state index in [9.17, 15) is 43.5 Å². The summed E-state index contributed by atoms with van der Waals surface area (Å²) in [5.74, 6) is -9.29. The number of carboxylic acid groups (broad SMARTS) is 2. The average molecular weight is 839 g/mol. The van der Waals surface area contributed by atoms with Gasteiger partial charge in [0.1, 0.15) is 18.4 Å². The van der Waals surface area contributed by atoms with Crippen LogP contribution >= 0.6 is 0 Å². The first-order chi connectivity index (χ1) is 28.9. The summed E-state index contributed by atoms with van der Waals surface area (Å²) in [7, 11) is 1.22. The van der Waals surface area contributed by atoms with Gasteiger partial charge in [0.2, 0.25) is 11.7 Å². The van der Waals surface area contributed by atoms with E-state index in [-0.39, 0.29) is 61.7 Å². The lowest BCUT2D eigenvalue weighted by atomic mass is 9.84. The number of aryl methyl sites for hydroxylation is 2. The number of nitrogens with zero attached hydrogens (tertiary/aromatic N) is 2. The monoisotopic (exact) mass is 838 g/mol. The number of hydrogen-bond donors (Lipinski definition) is 6. The van der Waals surface area contributed by atoms with Crippen LogP contribution in [0.15, 0.2) is 18.2 Å². The molecule has 1 aliphatic carbocycles. The van der Waals surface area contributed by atoms with Crippen molar-refractivity contribution in [1.29, 1.82) is 0 Å². The van der Waals surface area contributed by atoms with Gasteiger partial charge in [0, 0.05) is 81.4 Å². The van der Waals surface area contributed by atoms with Crippen LogP contribution in [-0.4, -0.2) is 96.9 Å². The summed E-state index contributed by atoms with van der Waals surface area (Å²) < 4.78 is 5.19. The number of fused-ring (bicyclic) bond motifs is 8. The standard InChI is InChI=1S/C44H50N6O11/c1-8-23-18(2)26-16-31-35(22(6)51)20(4)28(47-31)14-27-19(3)24(11-12-33(53)45-13-9-10-25(43(58)59)50-42(57)32(52)17-34(54)55)39(48-27)37-38(44(60)61-7)41(56)36-21(5)29(49-40(36)37)15-30(23)46-26/h14-16,18-19,23-25,38,47,49H,8-13,17H2,1-7H3,(H,45,53)(H,50,57)(H,54,55)(H,58,59)/t18-,19+,23-,24+,25+,38?/m1/s1. The van der Waals surface area contributed by atoms with E-state index >= 15 is 0 Å². The van der Waals surface area contributed by atoms with Gasteiger partial charge in [0.15, 0.2) is 11.6 Å². The van der Waals surface area contributed by atoms with Gasteiger partial charge in [0.05, 0.1) is 23.8 Å². The van der Waals surface area contributed by atoms with Crippen molar-refractivity contribution < 1.29 is 53.3 Å². The molecule has 0 aromatic carbocycles. The fraction of sp³-hybridized carbons (Fsp3) is 0.455. The molecule has 0 saturated heterocycles. The minimum atomic E-state index is -1.53. The third-order valence-corrected chi connectivity index (χ3v) is 12.3. The summed E-state index contributed by atoms with van der Waals surface area (Å²) in [5.41, 5.74) is 7.69. The number of carbonyl (C=O) groups is 8. The van der Waals surface area contributed by atoms with Gasteiger partial charge in [-0.1, -0.05) is 20.8 Å². The molecule has 2 amide bonds. The zero-order valence-corrected chi connectivity index (χ0v) is 35.1. The molecule has 6 atom stereocenters. The summed E-state index contributed by atoms with van der Waals surface area (Å²) in [6.45, 7) is 11.4. The second kappa shape index (κ2) is 17.6. The minimum absolute atomic E-state index is 0.0198. The number of aromatic amines is 2. The summed E-state index contributed by atoms with van der Waals surface area (Å²) in [6.07, 6.45) is -0.131. The van der Waals surface area contributed by atoms with Crippen molar-refractivity contribution >= 4 is 69.1 Å². The molecular formula is C44H50N6O11. The topological polar surface area (TPSA) is 268 Å². The Balaban J connectivity index is 1.40. The molecule has 6 N–H and O–H groups in total. The third kappa shape index (κ3) is 8.45. The van der Waals surface area contributed by atoms with Gasteiger partial charge in [-0.15, -0.1) is 0 Å². The highest BCUT2D eigenvalue weighted by atomic mass is 16.5. The Labute approximate surface area is 350 Å². The first-order valence-corrected chi connectivity index (χ1v) is 20.3. The van der Waals surface area contributed by atoms with Crippen molar-refractivity contribution in [2.24, 2.45) is 0 Å². The number of ether oxygens (including phenoxy) is 1. The van der Waals surface area contributed by atoms with Crippen LogP contribution in [0.2, 0.25) is 0 Å². The summed E-state index contributed by atoms with van der Waals surface area (Å²) in [5, 5.41) is 23.1. The lowest BCUT2D eigenvalue weighted by Gasteiger charge is -2.19. The molecule has 3 aliphatic rings. The van der Waals surface area contributed by atoms with Gasteiger partial charge in [-0.25, -0.2) is 4.79 Å². The first-order valence-electron chi connectivity index (χ1n) is 20.3. The van der Waals surface area contributed by atoms with Crippen molar-refractivity contribution in [2.75, 3.05) is 13.7 Å². The Morgan fingerprint density at radius 2 is 1.52 bits per heavy atom. The van der Waals surface area contributed by atoms with Crippen molar-refractivity contribution in [1.82, 2.24) is 30.6 Å². The van der Waals surface area contributed by atoms with E-state index in [4.69, 9.17) is 19.8 Å². The predicted octanol–water partition coefficient (Wildman–Crippen LogP) is 5.06. The van der Waals surface area contributed by atoms with Gasteiger partial charge < -0.3 is 35.6 Å². The SMILES string of the molecule is CC[C@H]1c2cc3[nH]c4c(c3C)C(=O)C(C(=O)OC)c4c3nc(cc4[nH]c(cc(n2)[C@@H]1C)c(C(C)=O)c4C)[C@@H](C)[C@@H]3CCC(=O)NCCC[C@H](NC(=O)C(=O)CC(=O)O)C(=O)O. The molecule has 2 aliphatic heterocycles. The smallest absolute Gasteiger partial charge is 0.326 e. The first kappa shape index (κ1) is 44.0. The van der Waals surface area contributed by atoms with Crippen LogP contribution in [0.4, 0.5) is 0 Å². The van der Waals surface area contributed by atoms with Crippen LogP contribution in [0.5, 0.6) is 0 Å². The van der Waals surface area contributed by atoms with Gasteiger partial charge in [0.25, 0.3) is 5.91 Å². The molecule has 0 fully saturated rings. The molecule has 3 aromatic rings. The molecular weight excluding hydrogens is 789 g/mol. The molecule has 3 aromatic heterocycles. The van der Waals surface area contributed by atoms with E-state index in [1.165, 1.54) is 14.0 Å². The summed E-state index contributed by atoms with van der Waals surface area (Å²) >= 11 is 0. The molecule has 0 saturated carbocycles. The minimum Gasteiger partial charge on any atom is -0.481 e. The van der Waals surface area contributed by atoms with Crippen LogP contribution in [0, 0.1) is 13.8 Å². The van der Waals surface area contributed by atoms with E-state index in [2.05, 4.69) is 29.1 Å². The quantitative estimate of drug-likeness (QED) is 0.0385. The van der Waals surface area contributed by atoms with E-state index in [1.54, 1.807) is 0 Å². The second-order valence-electron chi connectivity index (χ2n) is 16.1. The number of hydrogen-bond acceptors (Lipinski definition) is 11. The summed E-state index contributed by atoms with van der Waals surface area (Å²) in [4.78, 5) is 118. The maximum Gasteiger partial charge on any atom is 0.326 e. The maximum absolute atomic E-state index is 14.3. The highest BCUT2D eigenvalue weighted by molar-refractivity contribution is 6.39. The summed E-state index contributed by atoms with van der Waals surface area (Å²) in [6, 6.07) is 4.25. The Morgan fingerprint density at radius 1 is 0.885 bits per heavy atom. The molecule has 6 rings (SSSR count). The Hall–Kier alpha value is -6.52. The van der Waals surface area contributed by atoms with Crippen LogP contribution < -0.4 is 10.6 Å². The van der Waals surface area contributed by atoms with E-state index in [1.807, 2.05) is 44.3 Å². The van der Waals surface area contributed by atoms with Crippen LogP contribution in [-0.2, 0) is 33.5 Å². The Bertz CT molecular complexity index is 2550. The van der Waals surface area contributed by atoms with Crippen molar-refractivity contribution in [3.05, 3.63) is 68.8 Å². The average Bonchev–Trinajstić information content (AvgIpc) is 3.94. The number of esters is 1. The number of carbonyl (C=O) groups excluding carboxylic acids is 6. The third-order valence-electron chi connectivity index (χ3n) is 12.3. The molecule has 1 unspecified atom stereocenters. The normalized spacial score (nSPS) is 19.6. The van der Waals surface area contributed by atoms with Gasteiger partial charge in [-0.05, 0) is 75.8 Å². The molecule has 5 heterocycles. The number of Topliss-reactive ketones (excluding diaryl/α,β-unsaturated/α-hetero) is 3. The number of carboxylic acids is 2. The van der Waals surface area contributed by atoms with E-state index in [0.717, 1.165) is 23.4 Å². The predicted molar refractivity (Wildman–Crippen MR) is 220 cm³/mol. The van der Waals surface area contributed by atoms with E-state index < -0.39 is 59.7 Å². The number of ketones is 3. The molecule has 322 valence electrons. The molecule has 8 bridgehead atoms. The Morgan fingerprint density at radius 3 is 2.16 bits per heavy atom. The van der Waals surface area contributed by atoms with Gasteiger partial charge in [-0.3, -0.25) is 43.5 Å². The van der Waals surface area contributed by atoms with Gasteiger partial charge >= 0.3 is 17.9 Å². The number of aliphatic carboxylic acids is 2. The van der Waals surface area contributed by atoms with Crippen molar-refractivity contribution in [3.8, 4) is 0 Å². The van der Waals surface area contributed by atoms with Crippen molar-refractivity contribution in [3.63, 3.8) is 0 Å². The zero-order chi connectivity index (χ0) is 44.6. The molecule has 17 heteroatoms. The number of rotatable bonds is 15. The number of H-pyrrole nitrogens is 2. The van der Waals surface area contributed by atoms with Crippen LogP contribution in [0.25, 0.3) is 22.1 Å². The van der Waals surface area contributed by atoms with Crippen molar-refractivity contribution in [2.45, 2.75) is 116 Å². The fourth-order valence-corrected chi connectivity index (χ4v) is 8.96. The second-order valence-corrected chi connectivity index (χ2v) is 16.1. The van der Waals surface area contributed by atoms with Crippen LogP contribution in [0.3, 0.4) is 0 Å². The molecule has 17 nitrogen and oxygen atoms in total. The zero-order valence-electron chi connectivity index (χ0n) is 35.1. The molecule has 0 spiro atoms. The number of aromatic nitrogens is 4. The Kier molecular flexibility index (Phi) is 12.7. The maximum atomic E-state index is 14.3. The van der Waals surface area contributed by atoms with Gasteiger partial charge in [-0.2, -0.15) is 0 Å². The highest BCUT2D eigenvalue weighted by Gasteiger charge is 2.45. The fourth-order valence-electron chi connectivity index (χ4n) is 8.96. The lowest BCUT2D eigenvalue weighted by molar-refractivity contribution is -0.147. The number of nitrogens with one attached hydrogen (secondary N) is 4. The van der Waals surface area contributed by atoms with E-state index in [0.29, 0.717) is 55.7 Å². The molecule has 0 radical (unpaired) electrons. The highest BCUT2D eigenvalue weighted by Crippen LogP contribution is 2.48. The number of amides is 2.